The van der Waals surface area contributed by atoms with Crippen LogP contribution in [0.1, 0.15) is 41.5 Å². The van der Waals surface area contributed by atoms with Crippen molar-refractivity contribution in [3.8, 4) is 5.75 Å². The van der Waals surface area contributed by atoms with E-state index in [0.29, 0.717) is 5.69 Å². The standard InChI is InChI=1S/C20H22N2O2/c1-4-14-5-7-15(8-6-14)13(2)21-20(23)19-12-16-11-17(24-3)9-10-18(16)22-19/h5-13,22H,4H2,1-3H3,(H,21,23). The molecule has 4 heteroatoms. The van der Waals surface area contributed by atoms with Crippen LogP contribution in [0.25, 0.3) is 10.9 Å². The Hall–Kier alpha value is -2.75. The van der Waals surface area contributed by atoms with Crippen LogP contribution in [0.5, 0.6) is 5.75 Å². The van der Waals surface area contributed by atoms with Crippen LogP contribution in [-0.2, 0) is 6.42 Å². The van der Waals surface area contributed by atoms with Crippen molar-refractivity contribution < 1.29 is 9.53 Å². The summed E-state index contributed by atoms with van der Waals surface area (Å²) in [6.45, 7) is 4.12. The first-order valence-corrected chi connectivity index (χ1v) is 8.17. The van der Waals surface area contributed by atoms with Gasteiger partial charge in [0.05, 0.1) is 13.2 Å². The third-order valence-electron chi connectivity index (χ3n) is 4.31. The average Bonchev–Trinajstić information content (AvgIpc) is 3.05. The van der Waals surface area contributed by atoms with Gasteiger partial charge in [-0.2, -0.15) is 0 Å². The number of hydrogen-bond acceptors (Lipinski definition) is 2. The van der Waals surface area contributed by atoms with Crippen molar-refractivity contribution >= 4 is 16.8 Å². The van der Waals surface area contributed by atoms with Crippen molar-refractivity contribution in [3.63, 3.8) is 0 Å². The first-order valence-electron chi connectivity index (χ1n) is 8.17. The summed E-state index contributed by atoms with van der Waals surface area (Å²) in [5.41, 5.74) is 3.86. The van der Waals surface area contributed by atoms with Gasteiger partial charge in [0.25, 0.3) is 5.91 Å². The molecule has 24 heavy (non-hydrogen) atoms. The van der Waals surface area contributed by atoms with E-state index >= 15 is 0 Å². The second-order valence-electron chi connectivity index (χ2n) is 5.93. The Morgan fingerprint density at radius 2 is 1.92 bits per heavy atom. The van der Waals surface area contributed by atoms with Crippen LogP contribution in [0.2, 0.25) is 0 Å². The minimum absolute atomic E-state index is 0.0515. The Balaban J connectivity index is 1.75. The maximum Gasteiger partial charge on any atom is 0.268 e. The zero-order valence-corrected chi connectivity index (χ0v) is 14.2. The van der Waals surface area contributed by atoms with E-state index in [1.165, 1.54) is 5.56 Å². The van der Waals surface area contributed by atoms with Gasteiger partial charge in [-0.15, -0.1) is 0 Å². The molecule has 0 bridgehead atoms. The van der Waals surface area contributed by atoms with E-state index in [-0.39, 0.29) is 11.9 Å². The van der Waals surface area contributed by atoms with Crippen molar-refractivity contribution in [2.24, 2.45) is 0 Å². The lowest BCUT2D eigenvalue weighted by Crippen LogP contribution is -2.26. The van der Waals surface area contributed by atoms with Gasteiger partial charge in [-0.3, -0.25) is 4.79 Å². The Morgan fingerprint density at radius 3 is 2.58 bits per heavy atom. The molecule has 0 spiro atoms. The summed E-state index contributed by atoms with van der Waals surface area (Å²) in [7, 11) is 1.63. The predicted octanol–water partition coefficient (Wildman–Crippen LogP) is 4.23. The highest BCUT2D eigenvalue weighted by atomic mass is 16.5. The van der Waals surface area contributed by atoms with Gasteiger partial charge in [0, 0.05) is 10.9 Å². The lowest BCUT2D eigenvalue weighted by molar-refractivity contribution is 0.0935. The minimum Gasteiger partial charge on any atom is -0.497 e. The van der Waals surface area contributed by atoms with Crippen molar-refractivity contribution in [2.75, 3.05) is 7.11 Å². The second kappa shape index (κ2) is 6.79. The highest BCUT2D eigenvalue weighted by molar-refractivity contribution is 5.98. The Morgan fingerprint density at radius 1 is 1.17 bits per heavy atom. The first kappa shape index (κ1) is 16.1. The number of rotatable bonds is 5. The lowest BCUT2D eigenvalue weighted by atomic mass is 10.0. The Bertz CT molecular complexity index is 850. The SMILES string of the molecule is CCc1ccc(C(C)NC(=O)c2cc3cc(OC)ccc3[nH]2)cc1. The fourth-order valence-corrected chi connectivity index (χ4v) is 2.76. The van der Waals surface area contributed by atoms with Crippen molar-refractivity contribution in [1.82, 2.24) is 10.3 Å². The normalized spacial score (nSPS) is 12.1. The topological polar surface area (TPSA) is 54.1 Å². The molecule has 1 amide bonds. The van der Waals surface area contributed by atoms with Crippen molar-refractivity contribution in [2.45, 2.75) is 26.3 Å². The number of fused-ring (bicyclic) bond motifs is 1. The van der Waals surface area contributed by atoms with Crippen molar-refractivity contribution in [3.05, 3.63) is 65.4 Å². The predicted molar refractivity (Wildman–Crippen MR) is 96.6 cm³/mol. The third kappa shape index (κ3) is 3.27. The van der Waals surface area contributed by atoms with Crippen LogP contribution in [-0.4, -0.2) is 18.0 Å². The number of aromatic nitrogens is 1. The van der Waals surface area contributed by atoms with Gasteiger partial charge in [0.15, 0.2) is 0 Å². The van der Waals surface area contributed by atoms with E-state index in [0.717, 1.165) is 28.6 Å². The first-order chi connectivity index (χ1) is 11.6. The molecular weight excluding hydrogens is 300 g/mol. The average molecular weight is 322 g/mol. The summed E-state index contributed by atoms with van der Waals surface area (Å²) < 4.78 is 5.22. The van der Waals surface area contributed by atoms with Gasteiger partial charge in [0.1, 0.15) is 11.4 Å². The third-order valence-corrected chi connectivity index (χ3v) is 4.31. The number of hydrogen-bond donors (Lipinski definition) is 2. The maximum absolute atomic E-state index is 12.5. The number of H-pyrrole nitrogens is 1. The van der Waals surface area contributed by atoms with Crippen LogP contribution in [0, 0.1) is 0 Å². The molecule has 0 aliphatic rings. The molecule has 1 unspecified atom stereocenters. The lowest BCUT2D eigenvalue weighted by Gasteiger charge is -2.14. The molecule has 124 valence electrons. The zero-order chi connectivity index (χ0) is 17.1. The number of carbonyl (C=O) groups is 1. The monoisotopic (exact) mass is 322 g/mol. The summed E-state index contributed by atoms with van der Waals surface area (Å²) in [6, 6.07) is 15.8. The number of aromatic amines is 1. The van der Waals surface area contributed by atoms with E-state index in [4.69, 9.17) is 4.74 Å². The number of ether oxygens (including phenoxy) is 1. The number of amides is 1. The van der Waals surface area contributed by atoms with E-state index < -0.39 is 0 Å². The highest BCUT2D eigenvalue weighted by Crippen LogP contribution is 2.22. The summed E-state index contributed by atoms with van der Waals surface area (Å²) in [4.78, 5) is 15.7. The molecule has 0 aliphatic carbocycles. The van der Waals surface area contributed by atoms with E-state index in [1.54, 1.807) is 7.11 Å². The number of nitrogens with one attached hydrogen (secondary N) is 2. The van der Waals surface area contributed by atoms with Gasteiger partial charge in [-0.25, -0.2) is 0 Å². The van der Waals surface area contributed by atoms with Gasteiger partial charge in [-0.05, 0) is 48.7 Å². The molecule has 0 radical (unpaired) electrons. The quantitative estimate of drug-likeness (QED) is 0.738. The van der Waals surface area contributed by atoms with Gasteiger partial charge >= 0.3 is 0 Å². The van der Waals surface area contributed by atoms with Crippen LogP contribution in [0.4, 0.5) is 0 Å². The number of carbonyl (C=O) groups excluding carboxylic acids is 1. The Labute approximate surface area is 141 Å². The van der Waals surface area contributed by atoms with Crippen LogP contribution in [0.15, 0.2) is 48.5 Å². The van der Waals surface area contributed by atoms with Crippen LogP contribution >= 0.6 is 0 Å². The summed E-state index contributed by atoms with van der Waals surface area (Å²) in [5, 5.41) is 4.00. The molecule has 0 fully saturated rings. The van der Waals surface area contributed by atoms with Gasteiger partial charge < -0.3 is 15.0 Å². The van der Waals surface area contributed by atoms with Crippen molar-refractivity contribution in [1.29, 1.82) is 0 Å². The number of methoxy groups -OCH3 is 1. The molecule has 3 rings (SSSR count). The number of benzene rings is 2. The summed E-state index contributed by atoms with van der Waals surface area (Å²) >= 11 is 0. The van der Waals surface area contributed by atoms with Crippen LogP contribution < -0.4 is 10.1 Å². The fraction of sp³-hybridized carbons (Fsp3) is 0.250. The van der Waals surface area contributed by atoms with E-state index in [1.807, 2.05) is 31.2 Å². The second-order valence-corrected chi connectivity index (χ2v) is 5.93. The molecule has 1 aromatic heterocycles. The van der Waals surface area contributed by atoms with Crippen LogP contribution in [0.3, 0.4) is 0 Å². The minimum atomic E-state index is -0.114. The molecule has 2 aromatic carbocycles. The molecule has 0 saturated heterocycles. The van der Waals surface area contributed by atoms with E-state index in [2.05, 4.69) is 41.5 Å². The summed E-state index contributed by atoms with van der Waals surface area (Å²) in [6.07, 6.45) is 1.01. The molecule has 4 nitrogen and oxygen atoms in total. The highest BCUT2D eigenvalue weighted by Gasteiger charge is 2.14. The largest absolute Gasteiger partial charge is 0.497 e. The smallest absolute Gasteiger partial charge is 0.268 e. The molecule has 0 aliphatic heterocycles. The maximum atomic E-state index is 12.5. The molecule has 2 N–H and O–H groups in total. The van der Waals surface area contributed by atoms with Gasteiger partial charge in [-0.1, -0.05) is 31.2 Å². The fourth-order valence-electron chi connectivity index (χ4n) is 2.76. The molecular formula is C20H22N2O2. The molecule has 1 heterocycles. The van der Waals surface area contributed by atoms with Gasteiger partial charge in [0.2, 0.25) is 0 Å². The molecule has 0 saturated carbocycles. The number of aryl methyl sites for hydroxylation is 1. The summed E-state index contributed by atoms with van der Waals surface area (Å²) in [5.74, 6) is 0.662. The molecule has 1 atom stereocenters. The molecule has 3 aromatic rings. The Kier molecular flexibility index (Phi) is 4.56. The zero-order valence-electron chi connectivity index (χ0n) is 14.2. The van der Waals surface area contributed by atoms with E-state index in [9.17, 15) is 4.79 Å².